The molecule has 2 aromatic rings. The summed E-state index contributed by atoms with van der Waals surface area (Å²) in [5.74, 6) is 0. The molecule has 2 nitrogen and oxygen atoms in total. The Morgan fingerprint density at radius 2 is 1.83 bits per heavy atom. The molecule has 0 bridgehead atoms. The summed E-state index contributed by atoms with van der Waals surface area (Å²) in [5, 5.41) is 6.16. The van der Waals surface area contributed by atoms with Crippen molar-refractivity contribution in [1.82, 2.24) is 5.32 Å². The highest BCUT2D eigenvalue weighted by Gasteiger charge is 2.40. The largest absolute Gasteiger partial charge is 0.330 e. The van der Waals surface area contributed by atoms with E-state index in [-0.39, 0.29) is 0 Å². The van der Waals surface area contributed by atoms with Crippen LogP contribution in [0, 0.1) is 5.41 Å². The molecule has 3 rings (SSSR count). The first-order valence-corrected chi connectivity index (χ1v) is 6.70. The van der Waals surface area contributed by atoms with Crippen LogP contribution in [0.3, 0.4) is 0 Å². The molecule has 2 aromatic carbocycles. The smallest absolute Gasteiger partial charge is 0.0205 e. The molecule has 0 heterocycles. The van der Waals surface area contributed by atoms with Gasteiger partial charge in [-0.05, 0) is 47.2 Å². The number of fused-ring (bicyclic) bond motifs is 1. The summed E-state index contributed by atoms with van der Waals surface area (Å²) in [7, 11) is 0. The number of hydrogen-bond acceptors (Lipinski definition) is 2. The van der Waals surface area contributed by atoms with Gasteiger partial charge in [0, 0.05) is 13.1 Å². The Hall–Kier alpha value is -1.38. The lowest BCUT2D eigenvalue weighted by atomic mass is 10.1. The Morgan fingerprint density at radius 3 is 2.56 bits per heavy atom. The summed E-state index contributed by atoms with van der Waals surface area (Å²) >= 11 is 0. The van der Waals surface area contributed by atoms with E-state index in [4.69, 9.17) is 5.73 Å². The fourth-order valence-electron chi connectivity index (χ4n) is 2.45. The van der Waals surface area contributed by atoms with E-state index < -0.39 is 0 Å². The highest BCUT2D eigenvalue weighted by Crippen LogP contribution is 2.43. The summed E-state index contributed by atoms with van der Waals surface area (Å²) in [6.07, 6.45) is 2.57. The predicted molar refractivity (Wildman–Crippen MR) is 76.4 cm³/mol. The maximum absolute atomic E-state index is 5.78. The van der Waals surface area contributed by atoms with Crippen LogP contribution in [0.4, 0.5) is 0 Å². The molecule has 1 fully saturated rings. The van der Waals surface area contributed by atoms with Gasteiger partial charge >= 0.3 is 0 Å². The maximum atomic E-state index is 5.78. The lowest BCUT2D eigenvalue weighted by Gasteiger charge is -2.13. The first kappa shape index (κ1) is 11.7. The van der Waals surface area contributed by atoms with E-state index in [1.165, 1.54) is 29.2 Å². The second-order valence-electron chi connectivity index (χ2n) is 5.49. The van der Waals surface area contributed by atoms with Gasteiger partial charge in [0.25, 0.3) is 0 Å². The van der Waals surface area contributed by atoms with E-state index in [9.17, 15) is 0 Å². The molecule has 0 saturated heterocycles. The third kappa shape index (κ3) is 2.40. The fourth-order valence-corrected chi connectivity index (χ4v) is 2.45. The molecule has 94 valence electrons. The summed E-state index contributed by atoms with van der Waals surface area (Å²) in [4.78, 5) is 0. The van der Waals surface area contributed by atoms with Crippen LogP contribution >= 0.6 is 0 Å². The van der Waals surface area contributed by atoms with Crippen LogP contribution in [-0.2, 0) is 6.54 Å². The highest BCUT2D eigenvalue weighted by molar-refractivity contribution is 5.82. The molecule has 0 aliphatic heterocycles. The van der Waals surface area contributed by atoms with Crippen molar-refractivity contribution >= 4 is 10.8 Å². The third-order valence-electron chi connectivity index (χ3n) is 4.03. The Bertz CT molecular complexity index is 544. The predicted octanol–water partition coefficient (Wildman–Crippen LogP) is 2.67. The highest BCUT2D eigenvalue weighted by atomic mass is 14.9. The summed E-state index contributed by atoms with van der Waals surface area (Å²) in [5.41, 5.74) is 7.54. The number of hydrogen-bond donors (Lipinski definition) is 2. The van der Waals surface area contributed by atoms with E-state index in [0.29, 0.717) is 5.41 Å². The summed E-state index contributed by atoms with van der Waals surface area (Å²) in [6.45, 7) is 2.81. The van der Waals surface area contributed by atoms with Crippen LogP contribution in [-0.4, -0.2) is 13.1 Å². The van der Waals surface area contributed by atoms with Crippen molar-refractivity contribution in [2.45, 2.75) is 19.4 Å². The molecule has 1 aliphatic carbocycles. The van der Waals surface area contributed by atoms with Gasteiger partial charge in [-0.2, -0.15) is 0 Å². The van der Waals surface area contributed by atoms with Gasteiger partial charge in [0.15, 0.2) is 0 Å². The molecule has 18 heavy (non-hydrogen) atoms. The maximum Gasteiger partial charge on any atom is 0.0205 e. The molecular weight excluding hydrogens is 220 g/mol. The van der Waals surface area contributed by atoms with Crippen molar-refractivity contribution in [3.8, 4) is 0 Å². The van der Waals surface area contributed by atoms with Crippen LogP contribution in [0.1, 0.15) is 18.4 Å². The molecule has 0 unspecified atom stereocenters. The topological polar surface area (TPSA) is 38.0 Å². The zero-order chi connectivity index (χ0) is 12.4. The number of benzene rings is 2. The van der Waals surface area contributed by atoms with Crippen LogP contribution in [0.2, 0.25) is 0 Å². The van der Waals surface area contributed by atoms with Gasteiger partial charge in [-0.3, -0.25) is 0 Å². The minimum absolute atomic E-state index is 0.414. The van der Waals surface area contributed by atoms with Crippen molar-refractivity contribution in [2.24, 2.45) is 11.1 Å². The van der Waals surface area contributed by atoms with Crippen molar-refractivity contribution in [3.63, 3.8) is 0 Å². The lowest BCUT2D eigenvalue weighted by Crippen LogP contribution is -2.29. The zero-order valence-corrected chi connectivity index (χ0v) is 10.7. The Morgan fingerprint density at radius 1 is 1.06 bits per heavy atom. The van der Waals surface area contributed by atoms with Gasteiger partial charge in [0.2, 0.25) is 0 Å². The quantitative estimate of drug-likeness (QED) is 0.843. The molecule has 1 aliphatic rings. The SMILES string of the molecule is NCC1(CNCc2ccc3ccccc3c2)CC1. The second kappa shape index (κ2) is 4.71. The van der Waals surface area contributed by atoms with Crippen LogP contribution < -0.4 is 11.1 Å². The molecule has 0 atom stereocenters. The van der Waals surface area contributed by atoms with Crippen molar-refractivity contribution < 1.29 is 0 Å². The first-order valence-electron chi connectivity index (χ1n) is 6.70. The van der Waals surface area contributed by atoms with Gasteiger partial charge in [0.05, 0.1) is 0 Å². The van der Waals surface area contributed by atoms with Gasteiger partial charge in [-0.15, -0.1) is 0 Å². The molecular formula is C16H20N2. The number of nitrogens with two attached hydrogens (primary N) is 1. The lowest BCUT2D eigenvalue weighted by molar-refractivity contribution is 0.468. The van der Waals surface area contributed by atoms with E-state index in [0.717, 1.165) is 19.6 Å². The minimum atomic E-state index is 0.414. The van der Waals surface area contributed by atoms with Crippen LogP contribution in [0.15, 0.2) is 42.5 Å². The average molecular weight is 240 g/mol. The summed E-state index contributed by atoms with van der Waals surface area (Å²) in [6, 6.07) is 15.2. The first-order chi connectivity index (χ1) is 8.81. The van der Waals surface area contributed by atoms with Gasteiger partial charge in [-0.1, -0.05) is 36.4 Å². The second-order valence-corrected chi connectivity index (χ2v) is 5.49. The average Bonchev–Trinajstić information content (AvgIpc) is 3.19. The van der Waals surface area contributed by atoms with E-state index in [1.807, 2.05) is 0 Å². The van der Waals surface area contributed by atoms with Gasteiger partial charge in [-0.25, -0.2) is 0 Å². The third-order valence-corrected chi connectivity index (χ3v) is 4.03. The number of nitrogens with one attached hydrogen (secondary N) is 1. The Kier molecular flexibility index (Phi) is 3.06. The molecule has 3 N–H and O–H groups in total. The fraction of sp³-hybridized carbons (Fsp3) is 0.375. The molecule has 1 saturated carbocycles. The Balaban J connectivity index is 1.64. The van der Waals surface area contributed by atoms with E-state index in [1.54, 1.807) is 0 Å². The summed E-state index contributed by atoms with van der Waals surface area (Å²) < 4.78 is 0. The normalized spacial score (nSPS) is 16.9. The van der Waals surface area contributed by atoms with Crippen LogP contribution in [0.25, 0.3) is 10.8 Å². The molecule has 0 amide bonds. The van der Waals surface area contributed by atoms with E-state index in [2.05, 4.69) is 47.8 Å². The van der Waals surface area contributed by atoms with Crippen LogP contribution in [0.5, 0.6) is 0 Å². The molecule has 2 heteroatoms. The monoisotopic (exact) mass is 240 g/mol. The zero-order valence-electron chi connectivity index (χ0n) is 10.7. The minimum Gasteiger partial charge on any atom is -0.330 e. The molecule has 0 aromatic heterocycles. The van der Waals surface area contributed by atoms with Gasteiger partial charge < -0.3 is 11.1 Å². The van der Waals surface area contributed by atoms with Crippen molar-refractivity contribution in [1.29, 1.82) is 0 Å². The van der Waals surface area contributed by atoms with Crippen molar-refractivity contribution in [2.75, 3.05) is 13.1 Å². The van der Waals surface area contributed by atoms with E-state index >= 15 is 0 Å². The Labute approximate surface area is 108 Å². The van der Waals surface area contributed by atoms with Gasteiger partial charge in [0.1, 0.15) is 0 Å². The van der Waals surface area contributed by atoms with Crippen molar-refractivity contribution in [3.05, 3.63) is 48.0 Å². The molecule has 0 spiro atoms. The molecule has 0 radical (unpaired) electrons. The standard InChI is InChI=1S/C16H20N2/c17-11-16(7-8-16)12-18-10-13-5-6-14-3-1-2-4-15(14)9-13/h1-6,9,18H,7-8,10-12,17H2. The number of rotatable bonds is 5.